The highest BCUT2D eigenvalue weighted by atomic mass is 32.2. The topological polar surface area (TPSA) is 186 Å². The first-order valence-electron chi connectivity index (χ1n) is 14.4. The van der Waals surface area contributed by atoms with Gasteiger partial charge in [0.15, 0.2) is 26.0 Å². The molecule has 44 heavy (non-hydrogen) atoms. The minimum absolute atomic E-state index is 0.171. The van der Waals surface area contributed by atoms with E-state index in [0.717, 1.165) is 4.68 Å². The first-order chi connectivity index (χ1) is 20.0. The zero-order chi connectivity index (χ0) is 33.1. The number of aromatic nitrogens is 5. The van der Waals surface area contributed by atoms with Crippen LogP contribution in [0.3, 0.4) is 0 Å². The molecular formula is C27H45N7O7SSi2. The first-order valence-corrected chi connectivity index (χ1v) is 21.7. The summed E-state index contributed by atoms with van der Waals surface area (Å²) in [6, 6.07) is 4.20. The standard InChI is InChI=1S/C27H45N7O7SSi2/c1-25(2,3)43(7,8)27(36)21(41-44(9,10)26(4,5)6)18(15-39-42(37,38)32-34-14-12-11-13-19(34)35)40-24(27)33-17-31-20-22(28)29-16-30-23(20)33/h11-14,16-18,21,24,32,36H,15H2,1-10H3,(H2,28,29,30)/t18-,21-,24-,27+/m1/s1. The number of imidazole rings is 1. The van der Waals surface area contributed by atoms with Gasteiger partial charge in [0.2, 0.25) is 0 Å². The lowest BCUT2D eigenvalue weighted by Gasteiger charge is -2.53. The molecule has 4 heterocycles. The second kappa shape index (κ2) is 11.3. The molecule has 0 radical (unpaired) electrons. The second-order valence-corrected chi connectivity index (χ2v) is 26.0. The van der Waals surface area contributed by atoms with Crippen molar-refractivity contribution in [1.29, 1.82) is 0 Å². The van der Waals surface area contributed by atoms with E-state index in [1.807, 2.05) is 0 Å². The summed E-state index contributed by atoms with van der Waals surface area (Å²) >= 11 is 0. The number of nitrogens with zero attached hydrogens (tertiary/aromatic N) is 5. The molecule has 1 aliphatic rings. The number of pyridine rings is 1. The molecule has 4 rings (SSSR count). The highest BCUT2D eigenvalue weighted by Crippen LogP contribution is 2.55. The lowest BCUT2D eigenvalue weighted by Crippen LogP contribution is -2.69. The molecule has 1 aliphatic heterocycles. The number of ether oxygens (including phenoxy) is 1. The lowest BCUT2D eigenvalue weighted by atomic mass is 10.1. The Labute approximate surface area is 260 Å². The van der Waals surface area contributed by atoms with Gasteiger partial charge in [-0.15, -0.1) is 0 Å². The van der Waals surface area contributed by atoms with Crippen LogP contribution < -0.4 is 16.1 Å². The maximum absolute atomic E-state index is 13.2. The average molecular weight is 668 g/mol. The van der Waals surface area contributed by atoms with Crippen LogP contribution in [0.2, 0.25) is 36.3 Å². The third-order valence-corrected chi connectivity index (χ3v) is 21.2. The third kappa shape index (κ3) is 5.97. The van der Waals surface area contributed by atoms with Gasteiger partial charge in [-0.05, 0) is 29.2 Å². The van der Waals surface area contributed by atoms with Crippen molar-refractivity contribution in [2.75, 3.05) is 17.2 Å². The molecule has 0 saturated carbocycles. The predicted octanol–water partition coefficient (Wildman–Crippen LogP) is 3.14. The second-order valence-electron chi connectivity index (χ2n) is 14.3. The molecule has 3 aromatic heterocycles. The van der Waals surface area contributed by atoms with Crippen molar-refractivity contribution < 1.29 is 26.9 Å². The van der Waals surface area contributed by atoms with Crippen LogP contribution in [-0.4, -0.2) is 78.1 Å². The molecule has 0 bridgehead atoms. The maximum Gasteiger partial charge on any atom is 0.373 e. The molecule has 1 fully saturated rings. The zero-order valence-electron chi connectivity index (χ0n) is 27.0. The summed E-state index contributed by atoms with van der Waals surface area (Å²) in [5.74, 6) is 0.171. The van der Waals surface area contributed by atoms with E-state index in [1.165, 1.54) is 37.1 Å². The van der Waals surface area contributed by atoms with Crippen molar-refractivity contribution in [3.63, 3.8) is 0 Å². The molecule has 0 spiro atoms. The van der Waals surface area contributed by atoms with E-state index < -0.39 is 62.5 Å². The molecule has 244 valence electrons. The fraction of sp³-hybridized carbons (Fsp3) is 0.630. The zero-order valence-corrected chi connectivity index (χ0v) is 29.8. The van der Waals surface area contributed by atoms with Gasteiger partial charge in [-0.2, -0.15) is 13.2 Å². The molecule has 3 aromatic rings. The molecule has 14 nitrogen and oxygen atoms in total. The van der Waals surface area contributed by atoms with E-state index in [1.54, 1.807) is 4.57 Å². The summed E-state index contributed by atoms with van der Waals surface area (Å²) in [7, 11) is -9.99. The number of nitrogen functional groups attached to an aromatic ring is 1. The maximum atomic E-state index is 13.2. The van der Waals surface area contributed by atoms with Crippen molar-refractivity contribution >= 4 is 43.7 Å². The molecule has 0 unspecified atom stereocenters. The molecule has 1 saturated heterocycles. The first kappa shape index (κ1) is 34.2. The van der Waals surface area contributed by atoms with Gasteiger partial charge in [-0.1, -0.05) is 60.7 Å². The van der Waals surface area contributed by atoms with Gasteiger partial charge in [0, 0.05) is 12.3 Å². The van der Waals surface area contributed by atoms with Crippen molar-refractivity contribution in [2.45, 2.75) is 101 Å². The van der Waals surface area contributed by atoms with E-state index in [2.05, 4.69) is 87.5 Å². The number of fused-ring (bicyclic) bond motifs is 1. The summed E-state index contributed by atoms with van der Waals surface area (Å²) in [4.78, 5) is 27.1. The van der Waals surface area contributed by atoms with Crippen LogP contribution in [0.4, 0.5) is 5.82 Å². The van der Waals surface area contributed by atoms with Crippen LogP contribution in [0.15, 0.2) is 41.8 Å². The summed E-state index contributed by atoms with van der Waals surface area (Å²) < 4.78 is 47.5. The Balaban J connectivity index is 1.85. The largest absolute Gasteiger partial charge is 0.408 e. The molecule has 0 aromatic carbocycles. The fourth-order valence-corrected chi connectivity index (χ4v) is 10.1. The van der Waals surface area contributed by atoms with E-state index in [4.69, 9.17) is 19.1 Å². The Hall–Kier alpha value is -2.68. The quantitative estimate of drug-likeness (QED) is 0.285. The van der Waals surface area contributed by atoms with Crippen LogP contribution in [0.5, 0.6) is 0 Å². The summed E-state index contributed by atoms with van der Waals surface area (Å²) in [5.41, 5.74) is 6.20. The monoisotopic (exact) mass is 667 g/mol. The van der Waals surface area contributed by atoms with Crippen molar-refractivity contribution in [1.82, 2.24) is 24.2 Å². The van der Waals surface area contributed by atoms with Gasteiger partial charge in [0.25, 0.3) is 5.56 Å². The Bertz CT molecular complexity index is 1680. The van der Waals surface area contributed by atoms with Gasteiger partial charge >= 0.3 is 10.3 Å². The number of rotatable bonds is 9. The Kier molecular flexibility index (Phi) is 8.77. The number of hydrogen-bond acceptors (Lipinski definition) is 11. The number of hydrogen-bond donors (Lipinski definition) is 3. The van der Waals surface area contributed by atoms with Crippen molar-refractivity contribution in [3.05, 3.63) is 47.4 Å². The van der Waals surface area contributed by atoms with Crippen LogP contribution in [-0.2, 0) is 23.7 Å². The van der Waals surface area contributed by atoms with Gasteiger partial charge < -0.3 is 20.0 Å². The average Bonchev–Trinajstić information content (AvgIpc) is 3.43. The van der Waals surface area contributed by atoms with Gasteiger partial charge in [-0.3, -0.25) is 9.36 Å². The van der Waals surface area contributed by atoms with Crippen molar-refractivity contribution in [3.8, 4) is 0 Å². The van der Waals surface area contributed by atoms with Crippen LogP contribution >= 0.6 is 0 Å². The van der Waals surface area contributed by atoms with E-state index in [-0.39, 0.29) is 15.9 Å². The minimum atomic E-state index is -4.49. The van der Waals surface area contributed by atoms with Crippen molar-refractivity contribution in [2.24, 2.45) is 0 Å². The molecule has 17 heteroatoms. The predicted molar refractivity (Wildman–Crippen MR) is 173 cm³/mol. The normalized spacial score (nSPS) is 23.8. The van der Waals surface area contributed by atoms with Crippen LogP contribution in [0.1, 0.15) is 47.8 Å². The number of nitrogens with two attached hydrogens (primary N) is 1. The SMILES string of the molecule is CC(C)(C)[Si](C)(C)O[C@@H]1[C@@H](COS(=O)(=O)Nn2ccccc2=O)O[C@@H](n2cnc3c(N)ncnc32)[C@@]1(O)[Si](C)(C)C(C)(C)C. The van der Waals surface area contributed by atoms with E-state index in [9.17, 15) is 18.3 Å². The minimum Gasteiger partial charge on any atom is -0.408 e. The van der Waals surface area contributed by atoms with Crippen LogP contribution in [0, 0.1) is 0 Å². The Morgan fingerprint density at radius 2 is 1.75 bits per heavy atom. The summed E-state index contributed by atoms with van der Waals surface area (Å²) in [5, 5.41) is 10.9. The van der Waals surface area contributed by atoms with Gasteiger partial charge in [0.05, 0.1) is 21.0 Å². The molecule has 0 amide bonds. The summed E-state index contributed by atoms with van der Waals surface area (Å²) in [6.07, 6.45) is 0.936. The third-order valence-electron chi connectivity index (χ3n) is 9.62. The fourth-order valence-electron chi connectivity index (χ4n) is 4.94. The van der Waals surface area contributed by atoms with Gasteiger partial charge in [0.1, 0.15) is 29.3 Å². The van der Waals surface area contributed by atoms with E-state index in [0.29, 0.717) is 11.2 Å². The highest BCUT2D eigenvalue weighted by molar-refractivity contribution is 7.87. The Morgan fingerprint density at radius 3 is 2.34 bits per heavy atom. The Morgan fingerprint density at radius 1 is 1.09 bits per heavy atom. The summed E-state index contributed by atoms with van der Waals surface area (Å²) in [6.45, 7) is 20.2. The molecule has 0 aliphatic carbocycles. The van der Waals surface area contributed by atoms with Gasteiger partial charge in [-0.25, -0.2) is 23.8 Å². The highest BCUT2D eigenvalue weighted by Gasteiger charge is 2.69. The smallest absolute Gasteiger partial charge is 0.373 e. The van der Waals surface area contributed by atoms with Crippen LogP contribution in [0.25, 0.3) is 11.2 Å². The number of nitrogens with one attached hydrogen (secondary N) is 1. The number of anilines is 1. The van der Waals surface area contributed by atoms with E-state index >= 15 is 0 Å². The molecular weight excluding hydrogens is 623 g/mol. The number of aliphatic hydroxyl groups is 1. The lowest BCUT2D eigenvalue weighted by molar-refractivity contribution is -0.0653. The molecule has 4 atom stereocenters. The molecule has 4 N–H and O–H groups in total.